The first-order chi connectivity index (χ1) is 25.0. The van der Waals surface area contributed by atoms with Gasteiger partial charge in [-0.2, -0.15) is 0 Å². The van der Waals surface area contributed by atoms with Crippen molar-refractivity contribution in [1.82, 2.24) is 5.32 Å². The normalized spacial score (nSPS) is 12.8. The summed E-state index contributed by atoms with van der Waals surface area (Å²) in [6.45, 7) is 4.84. The average Bonchev–Trinajstić information content (AvgIpc) is 3.13. The maximum atomic E-state index is 12.3. The molecule has 0 aromatic rings. The molecular formula is C45H87NO5. The third kappa shape index (κ3) is 38.1. The molecule has 0 aromatic heterocycles. The van der Waals surface area contributed by atoms with Crippen molar-refractivity contribution in [3.05, 3.63) is 12.2 Å². The van der Waals surface area contributed by atoms with Gasteiger partial charge in [0.25, 0.3) is 0 Å². The van der Waals surface area contributed by atoms with E-state index in [0.717, 1.165) is 57.8 Å². The molecule has 51 heavy (non-hydrogen) atoms. The highest BCUT2D eigenvalue weighted by Gasteiger charge is 2.18. The number of hydrogen-bond acceptors (Lipinski definition) is 5. The zero-order chi connectivity index (χ0) is 37.3. The smallest absolute Gasteiger partial charge is 0.305 e. The van der Waals surface area contributed by atoms with Gasteiger partial charge in [-0.05, 0) is 32.1 Å². The quantitative estimate of drug-likeness (QED) is 0.0332. The topological polar surface area (TPSA) is 95.9 Å². The fourth-order valence-corrected chi connectivity index (χ4v) is 6.81. The molecule has 0 fully saturated rings. The van der Waals surface area contributed by atoms with E-state index < -0.39 is 12.1 Å². The highest BCUT2D eigenvalue weighted by molar-refractivity contribution is 5.76. The maximum Gasteiger partial charge on any atom is 0.305 e. The molecule has 0 radical (unpaired) electrons. The molecule has 6 heteroatoms. The summed E-state index contributed by atoms with van der Waals surface area (Å²) < 4.78 is 5.44. The van der Waals surface area contributed by atoms with Crippen LogP contribution in [0, 0.1) is 0 Å². The second kappa shape index (κ2) is 41.4. The Labute approximate surface area is 317 Å². The van der Waals surface area contributed by atoms with E-state index in [1.165, 1.54) is 154 Å². The molecule has 0 spiro atoms. The summed E-state index contributed by atoms with van der Waals surface area (Å²) in [5.41, 5.74) is 0. The van der Waals surface area contributed by atoms with Crippen molar-refractivity contribution in [3.63, 3.8) is 0 Å². The van der Waals surface area contributed by atoms with Gasteiger partial charge in [-0.1, -0.05) is 206 Å². The number of ether oxygens (including phenoxy) is 1. The van der Waals surface area contributed by atoms with E-state index in [0.29, 0.717) is 19.4 Å². The van der Waals surface area contributed by atoms with Crippen LogP contribution in [0.1, 0.15) is 239 Å². The number of amides is 1. The van der Waals surface area contributed by atoms with E-state index >= 15 is 0 Å². The molecule has 0 aliphatic rings. The van der Waals surface area contributed by atoms with Gasteiger partial charge in [0.15, 0.2) is 0 Å². The van der Waals surface area contributed by atoms with Crippen LogP contribution >= 0.6 is 0 Å². The molecule has 0 saturated carbocycles. The number of carbonyl (C=O) groups excluding carboxylic acids is 2. The van der Waals surface area contributed by atoms with E-state index in [-0.39, 0.29) is 18.5 Å². The van der Waals surface area contributed by atoms with Crippen molar-refractivity contribution in [2.24, 2.45) is 0 Å². The first-order valence-corrected chi connectivity index (χ1v) is 22.5. The molecule has 0 heterocycles. The Kier molecular flexibility index (Phi) is 40.2. The van der Waals surface area contributed by atoms with Gasteiger partial charge in [0.05, 0.1) is 25.4 Å². The van der Waals surface area contributed by atoms with Crippen molar-refractivity contribution in [3.8, 4) is 0 Å². The van der Waals surface area contributed by atoms with Crippen molar-refractivity contribution in [1.29, 1.82) is 0 Å². The average molecular weight is 722 g/mol. The monoisotopic (exact) mass is 722 g/mol. The minimum Gasteiger partial charge on any atom is -0.466 e. The lowest BCUT2D eigenvalue weighted by atomic mass is 10.0. The predicted octanol–water partition coefficient (Wildman–Crippen LogP) is 12.6. The molecule has 2 atom stereocenters. The van der Waals surface area contributed by atoms with Gasteiger partial charge in [0.2, 0.25) is 5.91 Å². The van der Waals surface area contributed by atoms with Gasteiger partial charge >= 0.3 is 5.97 Å². The van der Waals surface area contributed by atoms with Crippen molar-refractivity contribution in [2.75, 3.05) is 13.2 Å². The number of nitrogens with one attached hydrogen (secondary N) is 1. The van der Waals surface area contributed by atoms with Crippen molar-refractivity contribution in [2.45, 2.75) is 251 Å². The van der Waals surface area contributed by atoms with Gasteiger partial charge in [-0.15, -0.1) is 0 Å². The number of esters is 1. The highest BCUT2D eigenvalue weighted by Crippen LogP contribution is 2.15. The molecule has 0 aromatic carbocycles. The SMILES string of the molecule is CCCCCCCCC/C=C/C(O)C(CO)NC(=O)CCCCCCCCCCCCCCCCOC(=O)CCCCCCCCCCCCC. The zero-order valence-corrected chi connectivity index (χ0v) is 34.1. The van der Waals surface area contributed by atoms with Crippen LogP contribution < -0.4 is 5.32 Å². The standard InChI is InChI=1S/C45H87NO5/c1-3-5-7-9-11-13-18-23-27-31-35-39-45(50)51-40-36-32-28-24-20-17-15-14-16-19-22-26-30-34-38-44(49)46-42(41-47)43(48)37-33-29-25-21-12-10-8-6-4-2/h33,37,42-43,47-48H,3-32,34-36,38-41H2,1-2H3,(H,46,49)/b37-33+. The second-order valence-electron chi connectivity index (χ2n) is 15.4. The van der Waals surface area contributed by atoms with Crippen LogP contribution in [0.4, 0.5) is 0 Å². The Morgan fingerprint density at radius 1 is 0.529 bits per heavy atom. The Morgan fingerprint density at radius 2 is 0.902 bits per heavy atom. The second-order valence-corrected chi connectivity index (χ2v) is 15.4. The lowest BCUT2D eigenvalue weighted by Gasteiger charge is -2.20. The fraction of sp³-hybridized carbons (Fsp3) is 0.911. The largest absolute Gasteiger partial charge is 0.466 e. The van der Waals surface area contributed by atoms with Gasteiger partial charge in [0, 0.05) is 12.8 Å². The number of unbranched alkanes of at least 4 members (excludes halogenated alkanes) is 30. The first-order valence-electron chi connectivity index (χ1n) is 22.5. The molecule has 0 aliphatic heterocycles. The number of aliphatic hydroxyl groups is 2. The summed E-state index contributed by atoms with van der Waals surface area (Å²) in [6.07, 6.45) is 44.8. The third-order valence-corrected chi connectivity index (χ3v) is 10.3. The molecule has 0 bridgehead atoms. The van der Waals surface area contributed by atoms with E-state index in [1.54, 1.807) is 6.08 Å². The van der Waals surface area contributed by atoms with Crippen LogP contribution in [-0.4, -0.2) is 47.4 Å². The molecule has 6 nitrogen and oxygen atoms in total. The van der Waals surface area contributed by atoms with Crippen molar-refractivity contribution < 1.29 is 24.5 Å². The van der Waals surface area contributed by atoms with Gasteiger partial charge < -0.3 is 20.3 Å². The Hall–Kier alpha value is -1.40. The molecule has 0 saturated heterocycles. The van der Waals surface area contributed by atoms with Crippen LogP contribution in [0.2, 0.25) is 0 Å². The number of rotatable bonds is 41. The van der Waals surface area contributed by atoms with E-state index in [2.05, 4.69) is 19.2 Å². The summed E-state index contributed by atoms with van der Waals surface area (Å²) in [4.78, 5) is 24.3. The van der Waals surface area contributed by atoms with Crippen LogP contribution in [0.15, 0.2) is 12.2 Å². The Morgan fingerprint density at radius 3 is 1.33 bits per heavy atom. The summed E-state index contributed by atoms with van der Waals surface area (Å²) in [7, 11) is 0. The maximum absolute atomic E-state index is 12.3. The lowest BCUT2D eigenvalue weighted by Crippen LogP contribution is -2.45. The first kappa shape index (κ1) is 49.6. The van der Waals surface area contributed by atoms with Crippen LogP contribution in [0.3, 0.4) is 0 Å². The van der Waals surface area contributed by atoms with Gasteiger partial charge in [0.1, 0.15) is 0 Å². The number of allylic oxidation sites excluding steroid dienone is 1. The van der Waals surface area contributed by atoms with Crippen molar-refractivity contribution >= 4 is 11.9 Å². The van der Waals surface area contributed by atoms with E-state index in [9.17, 15) is 19.8 Å². The molecule has 3 N–H and O–H groups in total. The molecule has 2 unspecified atom stereocenters. The van der Waals surface area contributed by atoms with E-state index in [1.807, 2.05) is 6.08 Å². The molecule has 0 rings (SSSR count). The number of hydrogen-bond donors (Lipinski definition) is 3. The fourth-order valence-electron chi connectivity index (χ4n) is 6.81. The predicted molar refractivity (Wildman–Crippen MR) is 218 cm³/mol. The summed E-state index contributed by atoms with van der Waals surface area (Å²) in [5.74, 6) is -0.0860. The number of carbonyl (C=O) groups is 2. The lowest BCUT2D eigenvalue weighted by molar-refractivity contribution is -0.143. The van der Waals surface area contributed by atoms with Gasteiger partial charge in [-0.3, -0.25) is 9.59 Å². The number of aliphatic hydroxyl groups excluding tert-OH is 2. The molecular weight excluding hydrogens is 634 g/mol. The Bertz CT molecular complexity index is 757. The van der Waals surface area contributed by atoms with Crippen LogP contribution in [0.5, 0.6) is 0 Å². The minimum absolute atomic E-state index is 0.00459. The van der Waals surface area contributed by atoms with Gasteiger partial charge in [-0.25, -0.2) is 0 Å². The molecule has 302 valence electrons. The minimum atomic E-state index is -0.847. The van der Waals surface area contributed by atoms with Crippen LogP contribution in [0.25, 0.3) is 0 Å². The molecule has 0 aliphatic carbocycles. The van der Waals surface area contributed by atoms with E-state index in [4.69, 9.17) is 4.74 Å². The summed E-state index contributed by atoms with van der Waals surface area (Å²) in [6, 6.07) is -0.631. The molecule has 1 amide bonds. The summed E-state index contributed by atoms with van der Waals surface area (Å²) in [5, 5.41) is 22.8. The highest BCUT2D eigenvalue weighted by atomic mass is 16.5. The third-order valence-electron chi connectivity index (χ3n) is 10.3. The summed E-state index contributed by atoms with van der Waals surface area (Å²) >= 11 is 0. The zero-order valence-electron chi connectivity index (χ0n) is 34.1. The Balaban J connectivity index is 3.45. The van der Waals surface area contributed by atoms with Crippen LogP contribution in [-0.2, 0) is 14.3 Å².